The van der Waals surface area contributed by atoms with Crippen LogP contribution in [-0.2, 0) is 25.7 Å². The van der Waals surface area contributed by atoms with Gasteiger partial charge < -0.3 is 25.7 Å². The van der Waals surface area contributed by atoms with Crippen molar-refractivity contribution in [1.29, 1.82) is 0 Å². The Morgan fingerprint density at radius 2 is 1.45 bits per heavy atom. The third-order valence-electron chi connectivity index (χ3n) is 4.90. The van der Waals surface area contributed by atoms with Crippen LogP contribution in [0.25, 0.3) is 32.3 Å². The average molecular weight is 460 g/mol. The summed E-state index contributed by atoms with van der Waals surface area (Å²) in [5.41, 5.74) is 4.42. The predicted molar refractivity (Wildman–Crippen MR) is 112 cm³/mol. The van der Waals surface area contributed by atoms with Gasteiger partial charge in [0.15, 0.2) is 6.54 Å². The van der Waals surface area contributed by atoms with E-state index in [0.717, 1.165) is 10.9 Å². The van der Waals surface area contributed by atoms with Crippen molar-refractivity contribution in [3.63, 3.8) is 0 Å². The minimum absolute atomic E-state index is 0.0995. The number of quaternary nitrogens is 1. The standard InChI is InChI=1S/C21H18N2O3.C2HF3O2/c22-10-18(24)23-11-19(25)26-12-16-7-6-15-5-4-13-2-1-3-14-8-9-17(16)21(15)20(13)14;3-2(4,5)1(6)7/h1-9H,10-12,22H2,(H,23,24);(H,6,7). The van der Waals surface area contributed by atoms with Crippen LogP contribution in [0.2, 0.25) is 0 Å². The largest absolute Gasteiger partial charge is 0.542 e. The number of hydrogen-bond donors (Lipinski definition) is 2. The molecule has 172 valence electrons. The molecule has 0 aliphatic carbocycles. The van der Waals surface area contributed by atoms with Gasteiger partial charge in [0.25, 0.3) is 5.91 Å². The van der Waals surface area contributed by atoms with Crippen LogP contribution in [-0.4, -0.2) is 37.1 Å². The number of halogens is 3. The fraction of sp³-hybridized carbons (Fsp3) is 0.174. The van der Waals surface area contributed by atoms with Gasteiger partial charge in [0.05, 0.1) is 0 Å². The molecule has 33 heavy (non-hydrogen) atoms. The van der Waals surface area contributed by atoms with Crippen LogP contribution in [0.1, 0.15) is 5.56 Å². The number of aliphatic carboxylic acids is 1. The van der Waals surface area contributed by atoms with Gasteiger partial charge in [-0.05, 0) is 37.9 Å². The van der Waals surface area contributed by atoms with Gasteiger partial charge in [0.1, 0.15) is 19.1 Å². The zero-order chi connectivity index (χ0) is 24.2. The Morgan fingerprint density at radius 1 is 0.909 bits per heavy atom. The highest BCUT2D eigenvalue weighted by molar-refractivity contribution is 6.23. The normalized spacial score (nSPS) is 11.3. The zero-order valence-electron chi connectivity index (χ0n) is 17.2. The molecule has 0 bridgehead atoms. The molecule has 1 amide bonds. The second-order valence-corrected chi connectivity index (χ2v) is 7.05. The van der Waals surface area contributed by atoms with Crippen molar-refractivity contribution in [2.75, 3.05) is 13.1 Å². The number of ether oxygens (including phenoxy) is 1. The third kappa shape index (κ3) is 5.47. The molecule has 0 aromatic heterocycles. The number of benzene rings is 4. The number of esters is 1. The summed E-state index contributed by atoms with van der Waals surface area (Å²) in [7, 11) is 0. The van der Waals surface area contributed by atoms with Gasteiger partial charge in [0.2, 0.25) is 0 Å². The van der Waals surface area contributed by atoms with Gasteiger partial charge >= 0.3 is 12.1 Å². The van der Waals surface area contributed by atoms with E-state index in [2.05, 4.69) is 59.6 Å². The molecule has 0 radical (unpaired) electrons. The van der Waals surface area contributed by atoms with Gasteiger partial charge in [-0.3, -0.25) is 9.59 Å². The number of amides is 1. The number of alkyl halides is 3. The number of rotatable bonds is 5. The summed E-state index contributed by atoms with van der Waals surface area (Å²) in [4.78, 5) is 31.8. The summed E-state index contributed by atoms with van der Waals surface area (Å²) in [6.07, 6.45) is -5.19. The Labute approximate surface area is 185 Å². The minimum atomic E-state index is -5.19. The summed E-state index contributed by atoms with van der Waals surface area (Å²) in [6.45, 7) is 0.135. The molecule has 0 atom stereocenters. The van der Waals surface area contributed by atoms with Crippen LogP contribution in [0.3, 0.4) is 0 Å². The molecule has 0 saturated heterocycles. The molecular weight excluding hydrogens is 441 g/mol. The van der Waals surface area contributed by atoms with E-state index in [-0.39, 0.29) is 25.6 Å². The monoisotopic (exact) mass is 460 g/mol. The molecular formula is C23H19F3N2O5. The van der Waals surface area contributed by atoms with Crippen LogP contribution in [0.5, 0.6) is 0 Å². The number of carboxylic acids is 1. The zero-order valence-corrected chi connectivity index (χ0v) is 17.2. The molecule has 4 aromatic carbocycles. The second kappa shape index (κ2) is 9.70. The Hall–Kier alpha value is -3.92. The SMILES string of the molecule is O=C([O-])C(F)(F)F.[NH3+]CC(=O)NCC(=O)OCc1ccc2ccc3cccc4ccc1c2c34. The first-order valence-electron chi connectivity index (χ1n) is 9.77. The van der Waals surface area contributed by atoms with Crippen molar-refractivity contribution in [1.82, 2.24) is 5.32 Å². The summed E-state index contributed by atoms with van der Waals surface area (Å²) in [5, 5.41) is 18.3. The molecule has 0 heterocycles. The Bertz CT molecular complexity index is 1300. The number of carbonyl (C=O) groups excluding carboxylic acids is 3. The van der Waals surface area contributed by atoms with E-state index in [1.807, 2.05) is 6.07 Å². The maximum absolute atomic E-state index is 11.8. The van der Waals surface area contributed by atoms with E-state index in [1.54, 1.807) is 0 Å². The van der Waals surface area contributed by atoms with E-state index in [0.29, 0.717) is 0 Å². The number of nitrogens with one attached hydrogen (secondary N) is 1. The van der Waals surface area contributed by atoms with Crippen molar-refractivity contribution in [2.45, 2.75) is 12.8 Å². The molecule has 7 nitrogen and oxygen atoms in total. The lowest BCUT2D eigenvalue weighted by Gasteiger charge is -2.14. The quantitative estimate of drug-likeness (QED) is 0.343. The minimum Gasteiger partial charge on any atom is -0.542 e. The molecule has 4 aromatic rings. The van der Waals surface area contributed by atoms with Crippen molar-refractivity contribution in [3.05, 3.63) is 60.2 Å². The third-order valence-corrected chi connectivity index (χ3v) is 4.90. The van der Waals surface area contributed by atoms with E-state index in [1.165, 1.54) is 26.9 Å². The lowest BCUT2D eigenvalue weighted by molar-refractivity contribution is -0.355. The highest BCUT2D eigenvalue weighted by atomic mass is 19.4. The van der Waals surface area contributed by atoms with Crippen molar-refractivity contribution >= 4 is 50.2 Å². The lowest BCUT2D eigenvalue weighted by Crippen LogP contribution is -2.57. The molecule has 0 spiro atoms. The number of hydrogen-bond acceptors (Lipinski definition) is 5. The van der Waals surface area contributed by atoms with Crippen LogP contribution < -0.4 is 16.2 Å². The fourth-order valence-corrected chi connectivity index (χ4v) is 3.39. The first-order chi connectivity index (χ1) is 15.6. The Morgan fingerprint density at radius 3 is 2.03 bits per heavy atom. The van der Waals surface area contributed by atoms with Gasteiger partial charge in [-0.2, -0.15) is 13.2 Å². The van der Waals surface area contributed by atoms with Gasteiger partial charge in [0, 0.05) is 0 Å². The smallest absolute Gasteiger partial charge is 0.430 e. The fourth-order valence-electron chi connectivity index (χ4n) is 3.39. The van der Waals surface area contributed by atoms with Crippen molar-refractivity contribution in [2.24, 2.45) is 0 Å². The first kappa shape index (κ1) is 23.7. The molecule has 0 aliphatic rings. The van der Waals surface area contributed by atoms with Gasteiger partial charge in [-0.1, -0.05) is 54.6 Å². The molecule has 4 N–H and O–H groups in total. The van der Waals surface area contributed by atoms with Crippen molar-refractivity contribution < 1.29 is 43.1 Å². The van der Waals surface area contributed by atoms with Crippen LogP contribution in [0.15, 0.2) is 54.6 Å². The maximum atomic E-state index is 11.8. The van der Waals surface area contributed by atoms with E-state index in [4.69, 9.17) is 14.6 Å². The number of carboxylic acid groups (broad SMARTS) is 1. The number of carbonyl (C=O) groups is 3. The highest BCUT2D eigenvalue weighted by Crippen LogP contribution is 2.36. The first-order valence-corrected chi connectivity index (χ1v) is 9.77. The lowest BCUT2D eigenvalue weighted by atomic mass is 9.92. The average Bonchev–Trinajstić information content (AvgIpc) is 2.79. The van der Waals surface area contributed by atoms with Crippen LogP contribution in [0.4, 0.5) is 13.2 Å². The topological polar surface area (TPSA) is 123 Å². The summed E-state index contributed by atoms with van der Waals surface area (Å²) >= 11 is 0. The highest BCUT2D eigenvalue weighted by Gasteiger charge is 2.28. The molecule has 0 saturated carbocycles. The molecule has 10 heteroatoms. The maximum Gasteiger partial charge on any atom is 0.430 e. The molecule has 0 unspecified atom stereocenters. The summed E-state index contributed by atoms with van der Waals surface area (Å²) in [5.74, 6) is -3.74. The molecule has 0 fully saturated rings. The van der Waals surface area contributed by atoms with Gasteiger partial charge in [-0.15, -0.1) is 0 Å². The summed E-state index contributed by atoms with van der Waals surface area (Å²) in [6, 6.07) is 18.8. The molecule has 4 rings (SSSR count). The second-order valence-electron chi connectivity index (χ2n) is 7.05. The van der Waals surface area contributed by atoms with Crippen LogP contribution in [0, 0.1) is 0 Å². The van der Waals surface area contributed by atoms with E-state index >= 15 is 0 Å². The van der Waals surface area contributed by atoms with Crippen molar-refractivity contribution in [3.8, 4) is 0 Å². The van der Waals surface area contributed by atoms with E-state index in [9.17, 15) is 22.8 Å². The Kier molecular flexibility index (Phi) is 6.98. The Balaban J connectivity index is 0.000000383. The summed E-state index contributed by atoms with van der Waals surface area (Å²) < 4.78 is 36.9. The van der Waals surface area contributed by atoms with Crippen LogP contribution >= 0.6 is 0 Å². The molecule has 0 aliphatic heterocycles. The van der Waals surface area contributed by atoms with Gasteiger partial charge in [-0.25, -0.2) is 0 Å². The predicted octanol–water partition coefficient (Wildman–Crippen LogP) is 1.28. The van der Waals surface area contributed by atoms with E-state index < -0.39 is 18.1 Å².